The largest absolute Gasteiger partial charge is 0.494 e. The highest BCUT2D eigenvalue weighted by atomic mass is 32.2. The third-order valence-corrected chi connectivity index (χ3v) is 4.55. The summed E-state index contributed by atoms with van der Waals surface area (Å²) in [6, 6.07) is 7.53. The number of halogens is 2. The molecule has 0 unspecified atom stereocenters. The van der Waals surface area contributed by atoms with E-state index < -0.39 is 27.0 Å². The highest BCUT2D eigenvalue weighted by molar-refractivity contribution is 7.91. The molecule has 0 N–H and O–H groups in total. The number of ether oxygens (including phenoxy) is 1. The van der Waals surface area contributed by atoms with Crippen molar-refractivity contribution in [1.82, 2.24) is 0 Å². The number of nitrogens with zero attached hydrogens (tertiary/aromatic N) is 1. The van der Waals surface area contributed by atoms with Crippen molar-refractivity contribution < 1.29 is 21.9 Å². The van der Waals surface area contributed by atoms with Crippen molar-refractivity contribution in [2.45, 2.75) is 9.79 Å². The van der Waals surface area contributed by atoms with Crippen molar-refractivity contribution >= 4 is 9.84 Å². The fourth-order valence-electron chi connectivity index (χ4n) is 1.71. The summed E-state index contributed by atoms with van der Waals surface area (Å²) in [7, 11) is -2.79. The van der Waals surface area contributed by atoms with Gasteiger partial charge in [0.25, 0.3) is 0 Å². The topological polar surface area (TPSA) is 67.2 Å². The van der Waals surface area contributed by atoms with E-state index in [0.29, 0.717) is 0 Å². The molecule has 0 aliphatic rings. The number of rotatable bonds is 3. The Hall–Kier alpha value is -2.46. The Morgan fingerprint density at radius 2 is 1.67 bits per heavy atom. The molecule has 0 aromatic heterocycles. The maximum atomic E-state index is 13.6. The monoisotopic (exact) mass is 309 g/mol. The zero-order valence-corrected chi connectivity index (χ0v) is 11.6. The number of methoxy groups -OCH3 is 1. The third-order valence-electron chi connectivity index (χ3n) is 2.80. The lowest BCUT2D eigenvalue weighted by Gasteiger charge is -2.07. The van der Waals surface area contributed by atoms with Gasteiger partial charge in [-0.05, 0) is 36.4 Å². The van der Waals surface area contributed by atoms with Gasteiger partial charge < -0.3 is 4.74 Å². The number of sulfone groups is 1. The summed E-state index contributed by atoms with van der Waals surface area (Å²) in [5.41, 5.74) is -0.398. The Bertz CT molecular complexity index is 842. The van der Waals surface area contributed by atoms with Gasteiger partial charge >= 0.3 is 0 Å². The molecule has 108 valence electrons. The molecule has 0 spiro atoms. The Balaban J connectivity index is 2.57. The second kappa shape index (κ2) is 5.50. The summed E-state index contributed by atoms with van der Waals surface area (Å²) in [6.07, 6.45) is 0. The van der Waals surface area contributed by atoms with Crippen LogP contribution in [0.25, 0.3) is 0 Å². The normalized spacial score (nSPS) is 11.0. The minimum absolute atomic E-state index is 0.0919. The first-order valence-electron chi connectivity index (χ1n) is 5.68. The molecule has 2 aromatic carbocycles. The van der Waals surface area contributed by atoms with Gasteiger partial charge in [0, 0.05) is 0 Å². The summed E-state index contributed by atoms with van der Waals surface area (Å²) in [5.74, 6) is -1.75. The summed E-state index contributed by atoms with van der Waals surface area (Å²) in [5, 5.41) is 8.73. The van der Waals surface area contributed by atoms with E-state index in [9.17, 15) is 17.2 Å². The Morgan fingerprint density at radius 1 is 1.05 bits per heavy atom. The van der Waals surface area contributed by atoms with Crippen LogP contribution < -0.4 is 4.74 Å². The number of benzene rings is 2. The molecular formula is C14H9F2NO3S. The molecule has 0 bridgehead atoms. The molecule has 0 amide bonds. The maximum Gasteiger partial charge on any atom is 0.206 e. The maximum absolute atomic E-state index is 13.6. The van der Waals surface area contributed by atoms with E-state index >= 15 is 0 Å². The summed E-state index contributed by atoms with van der Waals surface area (Å²) < 4.78 is 56.2. The first kappa shape index (κ1) is 14.9. The van der Waals surface area contributed by atoms with E-state index in [4.69, 9.17) is 10.00 Å². The van der Waals surface area contributed by atoms with Gasteiger partial charge in [0.1, 0.15) is 11.9 Å². The molecule has 2 rings (SSSR count). The first-order valence-corrected chi connectivity index (χ1v) is 7.16. The standard InChI is InChI=1S/C14H9F2NO3S/c1-20-14-5-3-11(7-13(14)16)21(18,19)10-2-4-12(15)9(6-10)8-17/h2-7H,1H3. The first-order chi connectivity index (χ1) is 9.90. The number of hydrogen-bond donors (Lipinski definition) is 0. The highest BCUT2D eigenvalue weighted by Crippen LogP contribution is 2.26. The van der Waals surface area contributed by atoms with E-state index in [1.54, 1.807) is 6.07 Å². The molecule has 0 fully saturated rings. The molecule has 0 atom stereocenters. The molecule has 2 aromatic rings. The highest BCUT2D eigenvalue weighted by Gasteiger charge is 2.21. The van der Waals surface area contributed by atoms with E-state index in [1.165, 1.54) is 19.2 Å². The van der Waals surface area contributed by atoms with Crippen LogP contribution in [-0.4, -0.2) is 15.5 Å². The second-order valence-corrected chi connectivity index (χ2v) is 6.00. The number of hydrogen-bond acceptors (Lipinski definition) is 4. The van der Waals surface area contributed by atoms with Gasteiger partial charge in [-0.25, -0.2) is 17.2 Å². The predicted octanol–water partition coefficient (Wildman–Crippen LogP) is 2.68. The zero-order chi connectivity index (χ0) is 15.6. The molecule has 0 heterocycles. The van der Waals surface area contributed by atoms with Crippen LogP contribution in [0.4, 0.5) is 8.78 Å². The van der Waals surface area contributed by atoms with Crippen molar-refractivity contribution in [2.24, 2.45) is 0 Å². The van der Waals surface area contributed by atoms with Crippen LogP contribution in [0.3, 0.4) is 0 Å². The summed E-state index contributed by atoms with van der Waals surface area (Å²) in [6.45, 7) is 0. The fraction of sp³-hybridized carbons (Fsp3) is 0.0714. The minimum atomic E-state index is -4.05. The van der Waals surface area contributed by atoms with Gasteiger partial charge in [-0.3, -0.25) is 0 Å². The molecule has 0 saturated carbocycles. The minimum Gasteiger partial charge on any atom is -0.494 e. The smallest absolute Gasteiger partial charge is 0.206 e. The van der Waals surface area contributed by atoms with Gasteiger partial charge in [0.2, 0.25) is 9.84 Å². The molecular weight excluding hydrogens is 300 g/mol. The van der Waals surface area contributed by atoms with Crippen molar-refractivity contribution in [1.29, 1.82) is 5.26 Å². The van der Waals surface area contributed by atoms with Gasteiger partial charge in [-0.2, -0.15) is 5.26 Å². The zero-order valence-electron chi connectivity index (χ0n) is 10.8. The Morgan fingerprint density at radius 3 is 2.24 bits per heavy atom. The number of nitriles is 1. The van der Waals surface area contributed by atoms with Crippen LogP contribution in [-0.2, 0) is 9.84 Å². The molecule has 4 nitrogen and oxygen atoms in total. The van der Waals surface area contributed by atoms with Crippen LogP contribution >= 0.6 is 0 Å². The Kier molecular flexibility index (Phi) is 3.91. The van der Waals surface area contributed by atoms with Gasteiger partial charge in [0.05, 0.1) is 22.5 Å². The molecule has 0 aliphatic heterocycles. The van der Waals surface area contributed by atoms with E-state index in [0.717, 1.165) is 24.3 Å². The van der Waals surface area contributed by atoms with Crippen LogP contribution in [0.15, 0.2) is 46.2 Å². The van der Waals surface area contributed by atoms with Gasteiger partial charge in [-0.1, -0.05) is 0 Å². The van der Waals surface area contributed by atoms with E-state index in [2.05, 4.69) is 0 Å². The van der Waals surface area contributed by atoms with Crippen molar-refractivity contribution in [2.75, 3.05) is 7.11 Å². The molecule has 0 aliphatic carbocycles. The quantitative estimate of drug-likeness (QED) is 0.818. The molecule has 21 heavy (non-hydrogen) atoms. The van der Waals surface area contributed by atoms with E-state index in [1.807, 2.05) is 0 Å². The van der Waals surface area contributed by atoms with Crippen LogP contribution in [0.1, 0.15) is 5.56 Å². The average Bonchev–Trinajstić information content (AvgIpc) is 2.47. The van der Waals surface area contributed by atoms with Gasteiger partial charge in [-0.15, -0.1) is 0 Å². The molecule has 0 radical (unpaired) electrons. The summed E-state index contributed by atoms with van der Waals surface area (Å²) >= 11 is 0. The lowest BCUT2D eigenvalue weighted by molar-refractivity contribution is 0.385. The van der Waals surface area contributed by atoms with Crippen molar-refractivity contribution in [3.05, 3.63) is 53.6 Å². The van der Waals surface area contributed by atoms with E-state index in [-0.39, 0.29) is 15.5 Å². The second-order valence-electron chi connectivity index (χ2n) is 4.05. The fourth-order valence-corrected chi connectivity index (χ4v) is 3.01. The van der Waals surface area contributed by atoms with Crippen LogP contribution in [0.5, 0.6) is 5.75 Å². The van der Waals surface area contributed by atoms with Crippen LogP contribution in [0, 0.1) is 23.0 Å². The lowest BCUT2D eigenvalue weighted by atomic mass is 10.2. The third kappa shape index (κ3) is 2.71. The summed E-state index contributed by atoms with van der Waals surface area (Å²) in [4.78, 5) is -0.596. The van der Waals surface area contributed by atoms with Gasteiger partial charge in [0.15, 0.2) is 11.6 Å². The van der Waals surface area contributed by atoms with Crippen molar-refractivity contribution in [3.63, 3.8) is 0 Å². The predicted molar refractivity (Wildman–Crippen MR) is 69.5 cm³/mol. The average molecular weight is 309 g/mol. The Labute approximate surface area is 120 Å². The molecule has 7 heteroatoms. The van der Waals surface area contributed by atoms with Crippen LogP contribution in [0.2, 0.25) is 0 Å². The SMILES string of the molecule is COc1ccc(S(=O)(=O)c2ccc(F)c(C#N)c2)cc1F. The molecule has 0 saturated heterocycles. The lowest BCUT2D eigenvalue weighted by Crippen LogP contribution is -2.04. The van der Waals surface area contributed by atoms with Crippen molar-refractivity contribution in [3.8, 4) is 11.8 Å².